The van der Waals surface area contributed by atoms with Crippen molar-refractivity contribution in [3.8, 4) is 5.75 Å². The summed E-state index contributed by atoms with van der Waals surface area (Å²) in [7, 11) is 0. The van der Waals surface area contributed by atoms with Crippen LogP contribution in [0, 0.1) is 0 Å². The zero-order valence-corrected chi connectivity index (χ0v) is 18.5. The fourth-order valence-electron chi connectivity index (χ4n) is 4.15. The number of ether oxygens (including phenoxy) is 1. The molecule has 0 amide bonds. The summed E-state index contributed by atoms with van der Waals surface area (Å²) in [5, 5.41) is 0.696. The van der Waals surface area contributed by atoms with Gasteiger partial charge in [-0.1, -0.05) is 24.6 Å². The molecule has 2 fully saturated rings. The summed E-state index contributed by atoms with van der Waals surface area (Å²) >= 11 is 6.55. The summed E-state index contributed by atoms with van der Waals surface area (Å²) in [6.45, 7) is 6.93. The number of likely N-dealkylation sites (tertiary alicyclic amines) is 1. The lowest BCUT2D eigenvalue weighted by Crippen LogP contribution is -2.39. The first kappa shape index (κ1) is 21.3. The summed E-state index contributed by atoms with van der Waals surface area (Å²) in [6, 6.07) is 6.55. The molecule has 2 aliphatic rings. The van der Waals surface area contributed by atoms with E-state index >= 15 is 0 Å². The molecule has 2 aliphatic heterocycles. The van der Waals surface area contributed by atoms with Crippen LogP contribution in [0.3, 0.4) is 0 Å². The van der Waals surface area contributed by atoms with Crippen LogP contribution < -0.4 is 15.4 Å². The van der Waals surface area contributed by atoms with Crippen molar-refractivity contribution >= 4 is 17.5 Å². The minimum absolute atomic E-state index is 0.170. The lowest BCUT2D eigenvalue weighted by molar-refractivity contribution is 0.170. The molecule has 0 unspecified atom stereocenters. The summed E-state index contributed by atoms with van der Waals surface area (Å²) in [6.07, 6.45) is 8.98. The van der Waals surface area contributed by atoms with Crippen molar-refractivity contribution in [3.63, 3.8) is 0 Å². The maximum absolute atomic E-state index is 6.55. The van der Waals surface area contributed by atoms with Crippen LogP contribution in [0.15, 0.2) is 30.6 Å². The van der Waals surface area contributed by atoms with Gasteiger partial charge in [-0.15, -0.1) is 0 Å². The van der Waals surface area contributed by atoms with Gasteiger partial charge in [0.2, 0.25) is 5.95 Å². The molecule has 0 atom stereocenters. The second-order valence-electron chi connectivity index (χ2n) is 8.43. The molecule has 0 aliphatic carbocycles. The minimum atomic E-state index is 0.170. The number of piperidine rings is 2. The van der Waals surface area contributed by atoms with E-state index in [-0.39, 0.29) is 6.10 Å². The van der Waals surface area contributed by atoms with Gasteiger partial charge in [-0.3, -0.25) is 4.90 Å². The van der Waals surface area contributed by atoms with Crippen LogP contribution in [0.4, 0.5) is 5.95 Å². The van der Waals surface area contributed by atoms with E-state index in [2.05, 4.69) is 32.8 Å². The Balaban J connectivity index is 1.28. The largest absolute Gasteiger partial charge is 0.489 e. The fraction of sp³-hybridized carbons (Fsp3) is 0.565. The molecule has 3 heterocycles. The van der Waals surface area contributed by atoms with Gasteiger partial charge in [0, 0.05) is 50.9 Å². The van der Waals surface area contributed by atoms with Crippen molar-refractivity contribution in [2.24, 2.45) is 5.73 Å². The molecule has 0 spiro atoms. The van der Waals surface area contributed by atoms with Crippen LogP contribution in [0.2, 0.25) is 5.02 Å². The molecule has 4 rings (SSSR count). The second kappa shape index (κ2) is 9.94. The molecule has 1 aromatic carbocycles. The molecule has 0 saturated carbocycles. The number of aromatic nitrogens is 2. The van der Waals surface area contributed by atoms with Crippen molar-refractivity contribution in [2.75, 3.05) is 31.1 Å². The van der Waals surface area contributed by atoms with Crippen molar-refractivity contribution in [1.82, 2.24) is 14.9 Å². The van der Waals surface area contributed by atoms with Crippen molar-refractivity contribution in [2.45, 2.75) is 57.7 Å². The molecule has 0 radical (unpaired) electrons. The van der Waals surface area contributed by atoms with E-state index in [0.717, 1.165) is 76.5 Å². The van der Waals surface area contributed by atoms with E-state index in [9.17, 15) is 0 Å². The molecular formula is C23H32ClN5O. The molecule has 2 aromatic rings. The first-order valence-electron chi connectivity index (χ1n) is 11.1. The third kappa shape index (κ3) is 5.42. The van der Waals surface area contributed by atoms with E-state index < -0.39 is 0 Å². The van der Waals surface area contributed by atoms with Crippen molar-refractivity contribution < 1.29 is 4.74 Å². The topological polar surface area (TPSA) is 67.5 Å². The number of rotatable bonds is 6. The van der Waals surface area contributed by atoms with Crippen LogP contribution in [0.1, 0.15) is 43.7 Å². The summed E-state index contributed by atoms with van der Waals surface area (Å²) < 4.78 is 6.24. The highest BCUT2D eigenvalue weighted by Gasteiger charge is 2.23. The molecule has 1 aromatic heterocycles. The van der Waals surface area contributed by atoms with Gasteiger partial charge in [0.25, 0.3) is 0 Å². The number of hydrogen-bond donors (Lipinski definition) is 1. The SMILES string of the molecule is CCc1cnc(N2CCC(Oc3ccc(CN4CCC(N)CC4)cc3Cl)CC2)nc1. The molecule has 0 bridgehead atoms. The van der Waals surface area contributed by atoms with E-state index in [1.807, 2.05) is 24.5 Å². The average molecular weight is 430 g/mol. The Kier molecular flexibility index (Phi) is 7.08. The Hall–Kier alpha value is -1.89. The third-order valence-corrected chi connectivity index (χ3v) is 6.45. The zero-order valence-electron chi connectivity index (χ0n) is 17.8. The summed E-state index contributed by atoms with van der Waals surface area (Å²) in [5.74, 6) is 1.59. The lowest BCUT2D eigenvalue weighted by Gasteiger charge is -2.32. The number of nitrogens with two attached hydrogens (primary N) is 1. The first-order valence-corrected chi connectivity index (χ1v) is 11.5. The summed E-state index contributed by atoms with van der Waals surface area (Å²) in [4.78, 5) is 13.7. The standard InChI is InChI=1S/C23H32ClN5O/c1-2-17-14-26-23(27-15-17)29-11-7-20(8-12-29)30-22-4-3-18(13-21(22)24)16-28-9-5-19(25)6-10-28/h3-4,13-15,19-20H,2,5-12,16,25H2,1H3. The van der Waals surface area contributed by atoms with Gasteiger partial charge < -0.3 is 15.4 Å². The van der Waals surface area contributed by atoms with E-state index in [0.29, 0.717) is 11.1 Å². The number of nitrogens with zero attached hydrogens (tertiary/aromatic N) is 4. The van der Waals surface area contributed by atoms with Gasteiger partial charge >= 0.3 is 0 Å². The number of benzene rings is 1. The Morgan fingerprint density at radius 3 is 2.37 bits per heavy atom. The van der Waals surface area contributed by atoms with Gasteiger partial charge in [0.05, 0.1) is 5.02 Å². The maximum atomic E-state index is 6.55. The molecule has 2 N–H and O–H groups in total. The number of halogens is 1. The quantitative estimate of drug-likeness (QED) is 0.755. The molecule has 30 heavy (non-hydrogen) atoms. The highest BCUT2D eigenvalue weighted by atomic mass is 35.5. The van der Waals surface area contributed by atoms with Crippen molar-refractivity contribution in [1.29, 1.82) is 0 Å². The summed E-state index contributed by atoms with van der Waals surface area (Å²) in [5.41, 5.74) is 8.40. The maximum Gasteiger partial charge on any atom is 0.225 e. The fourth-order valence-corrected chi connectivity index (χ4v) is 4.40. The van der Waals surface area contributed by atoms with Gasteiger partial charge in [-0.2, -0.15) is 0 Å². The molecular weight excluding hydrogens is 398 g/mol. The van der Waals surface area contributed by atoms with Crippen LogP contribution in [-0.2, 0) is 13.0 Å². The Bertz CT molecular complexity index is 815. The van der Waals surface area contributed by atoms with E-state index in [1.54, 1.807) is 0 Å². The predicted octanol–water partition coefficient (Wildman–Crippen LogP) is 3.66. The third-order valence-electron chi connectivity index (χ3n) is 6.15. The average Bonchev–Trinajstić information content (AvgIpc) is 2.78. The number of hydrogen-bond acceptors (Lipinski definition) is 6. The molecule has 2 saturated heterocycles. The number of aryl methyl sites for hydroxylation is 1. The monoisotopic (exact) mass is 429 g/mol. The van der Waals surface area contributed by atoms with Gasteiger partial charge in [0.1, 0.15) is 11.9 Å². The highest BCUT2D eigenvalue weighted by Crippen LogP contribution is 2.29. The Morgan fingerprint density at radius 2 is 1.73 bits per heavy atom. The zero-order chi connectivity index (χ0) is 20.9. The minimum Gasteiger partial charge on any atom is -0.489 e. The Labute approximate surface area is 184 Å². The van der Waals surface area contributed by atoms with E-state index in [1.165, 1.54) is 11.1 Å². The normalized spacial score (nSPS) is 19.2. The van der Waals surface area contributed by atoms with Crippen LogP contribution in [-0.4, -0.2) is 53.2 Å². The molecule has 162 valence electrons. The number of anilines is 1. The Morgan fingerprint density at radius 1 is 1.03 bits per heavy atom. The van der Waals surface area contributed by atoms with Gasteiger partial charge in [0.15, 0.2) is 0 Å². The molecule has 7 heteroatoms. The van der Waals surface area contributed by atoms with Gasteiger partial charge in [-0.25, -0.2) is 9.97 Å². The second-order valence-corrected chi connectivity index (χ2v) is 8.83. The van der Waals surface area contributed by atoms with Crippen LogP contribution >= 0.6 is 11.6 Å². The lowest BCUT2D eigenvalue weighted by atomic mass is 10.1. The smallest absolute Gasteiger partial charge is 0.225 e. The first-order chi connectivity index (χ1) is 14.6. The van der Waals surface area contributed by atoms with Crippen molar-refractivity contribution in [3.05, 3.63) is 46.7 Å². The predicted molar refractivity (Wildman–Crippen MR) is 121 cm³/mol. The molecule has 6 nitrogen and oxygen atoms in total. The van der Waals surface area contributed by atoms with Crippen LogP contribution in [0.25, 0.3) is 0 Å². The van der Waals surface area contributed by atoms with Crippen LogP contribution in [0.5, 0.6) is 5.75 Å². The van der Waals surface area contributed by atoms with Gasteiger partial charge in [-0.05, 0) is 55.6 Å². The van der Waals surface area contributed by atoms with E-state index in [4.69, 9.17) is 22.1 Å². The highest BCUT2D eigenvalue weighted by molar-refractivity contribution is 6.32.